The van der Waals surface area contributed by atoms with Crippen molar-refractivity contribution in [3.63, 3.8) is 0 Å². The summed E-state index contributed by atoms with van der Waals surface area (Å²) in [5, 5.41) is 5.06. The van der Waals surface area contributed by atoms with Crippen LogP contribution in [-0.2, 0) is 5.41 Å². The lowest BCUT2D eigenvalue weighted by molar-refractivity contribution is 0.660. The lowest BCUT2D eigenvalue weighted by atomic mass is 9.81. The van der Waals surface area contributed by atoms with Gasteiger partial charge in [-0.05, 0) is 91.7 Å². The lowest BCUT2D eigenvalue weighted by Gasteiger charge is -2.22. The molecular weight excluding hydrogens is 530 g/mol. The molecule has 0 saturated carbocycles. The number of hydrogen-bond acceptors (Lipinski definition) is 0. The van der Waals surface area contributed by atoms with E-state index < -0.39 is 0 Å². The van der Waals surface area contributed by atoms with Gasteiger partial charge in [-0.25, -0.2) is 0 Å². The fraction of sp³-hybridized carbons (Fsp3) is 0.0698. The van der Waals surface area contributed by atoms with Crippen LogP contribution in [-0.4, -0.2) is 4.57 Å². The number of fused-ring (bicyclic) bond motifs is 7. The van der Waals surface area contributed by atoms with Gasteiger partial charge in [-0.15, -0.1) is 0 Å². The van der Waals surface area contributed by atoms with Crippen LogP contribution < -0.4 is 0 Å². The molecule has 1 aromatic heterocycles. The Labute approximate surface area is 257 Å². The van der Waals surface area contributed by atoms with Crippen LogP contribution in [0.5, 0.6) is 0 Å². The summed E-state index contributed by atoms with van der Waals surface area (Å²) in [7, 11) is 0. The summed E-state index contributed by atoms with van der Waals surface area (Å²) in [5.41, 5.74) is 14.2. The van der Waals surface area contributed by atoms with Crippen molar-refractivity contribution in [2.75, 3.05) is 0 Å². The number of hydrogen-bond donors (Lipinski definition) is 0. The third-order valence-electron chi connectivity index (χ3n) is 9.80. The number of rotatable bonds is 3. The Morgan fingerprint density at radius 1 is 0.409 bits per heavy atom. The Morgan fingerprint density at radius 3 is 1.86 bits per heavy atom. The summed E-state index contributed by atoms with van der Waals surface area (Å²) in [5.74, 6) is 0. The van der Waals surface area contributed by atoms with E-state index in [1.807, 2.05) is 0 Å². The van der Waals surface area contributed by atoms with Crippen molar-refractivity contribution in [2.24, 2.45) is 0 Å². The number of aromatic nitrogens is 1. The Kier molecular flexibility index (Phi) is 5.31. The van der Waals surface area contributed by atoms with Crippen LogP contribution >= 0.6 is 0 Å². The maximum atomic E-state index is 2.40. The average Bonchev–Trinajstić information content (AvgIpc) is 3.53. The topological polar surface area (TPSA) is 4.93 Å². The predicted molar refractivity (Wildman–Crippen MR) is 187 cm³/mol. The van der Waals surface area contributed by atoms with Crippen LogP contribution in [0.25, 0.3) is 71.6 Å². The highest BCUT2D eigenvalue weighted by Gasteiger charge is 2.35. The van der Waals surface area contributed by atoms with Gasteiger partial charge in [0.2, 0.25) is 0 Å². The SMILES string of the molecule is CC1(C)c2ccccc2-c2ccc(-c3ccc(-c4ccc5c(c4)c4ccccc4n5-c4ccc5ccccc5c4)cc3)cc21. The molecule has 0 fully saturated rings. The van der Waals surface area contributed by atoms with Gasteiger partial charge in [0.1, 0.15) is 0 Å². The summed E-state index contributed by atoms with van der Waals surface area (Å²) in [6.45, 7) is 4.69. The van der Waals surface area contributed by atoms with Crippen molar-refractivity contribution in [3.05, 3.63) is 163 Å². The molecule has 1 heteroatoms. The standard InChI is InChI=1S/C43H31N/c1-43(2)39-13-7-5-11-35(39)36-23-20-33(27-40(36)43)30-17-15-29(16-18-30)32-21-24-42-38(26-32)37-12-6-8-14-41(37)44(42)34-22-19-28-9-3-4-10-31(28)25-34/h3-27H,1-2H3. The zero-order valence-corrected chi connectivity index (χ0v) is 24.9. The van der Waals surface area contributed by atoms with Crippen LogP contribution in [0.2, 0.25) is 0 Å². The molecule has 7 aromatic carbocycles. The van der Waals surface area contributed by atoms with E-state index in [0.717, 1.165) is 0 Å². The fourth-order valence-electron chi connectivity index (χ4n) is 7.49. The number of nitrogens with zero attached hydrogens (tertiary/aromatic N) is 1. The summed E-state index contributed by atoms with van der Waals surface area (Å²) in [6, 6.07) is 55.9. The maximum absolute atomic E-state index is 2.40. The molecule has 1 aliphatic carbocycles. The summed E-state index contributed by atoms with van der Waals surface area (Å²) >= 11 is 0. The maximum Gasteiger partial charge on any atom is 0.0541 e. The average molecular weight is 562 g/mol. The molecule has 0 N–H and O–H groups in total. The minimum Gasteiger partial charge on any atom is -0.309 e. The summed E-state index contributed by atoms with van der Waals surface area (Å²) in [6.07, 6.45) is 0. The largest absolute Gasteiger partial charge is 0.309 e. The molecule has 0 amide bonds. The molecule has 1 nitrogen and oxygen atoms in total. The summed E-state index contributed by atoms with van der Waals surface area (Å²) < 4.78 is 2.40. The van der Waals surface area contributed by atoms with E-state index in [2.05, 4.69) is 170 Å². The zero-order valence-electron chi connectivity index (χ0n) is 24.9. The highest BCUT2D eigenvalue weighted by atomic mass is 15.0. The van der Waals surface area contributed by atoms with Crippen LogP contribution in [0.15, 0.2) is 152 Å². The van der Waals surface area contributed by atoms with Crippen molar-refractivity contribution in [2.45, 2.75) is 19.3 Å². The Hall–Kier alpha value is -5.40. The first-order chi connectivity index (χ1) is 21.6. The van der Waals surface area contributed by atoms with Crippen LogP contribution in [0, 0.1) is 0 Å². The summed E-state index contributed by atoms with van der Waals surface area (Å²) in [4.78, 5) is 0. The fourth-order valence-corrected chi connectivity index (χ4v) is 7.49. The third kappa shape index (κ3) is 3.66. The first-order valence-electron chi connectivity index (χ1n) is 15.4. The monoisotopic (exact) mass is 561 g/mol. The molecule has 0 aliphatic heterocycles. The molecule has 8 aromatic rings. The van der Waals surface area contributed by atoms with E-state index in [-0.39, 0.29) is 5.41 Å². The zero-order chi connectivity index (χ0) is 29.4. The van der Waals surface area contributed by atoms with Gasteiger partial charge in [-0.3, -0.25) is 0 Å². The van der Waals surface area contributed by atoms with Crippen molar-refractivity contribution >= 4 is 32.6 Å². The highest BCUT2D eigenvalue weighted by Crippen LogP contribution is 2.49. The van der Waals surface area contributed by atoms with Crippen molar-refractivity contribution in [1.29, 1.82) is 0 Å². The molecule has 44 heavy (non-hydrogen) atoms. The van der Waals surface area contributed by atoms with E-state index in [1.54, 1.807) is 0 Å². The Bertz CT molecular complexity index is 2400. The van der Waals surface area contributed by atoms with E-state index in [0.29, 0.717) is 0 Å². The molecule has 9 rings (SSSR count). The Morgan fingerprint density at radius 2 is 1.02 bits per heavy atom. The number of benzene rings is 7. The van der Waals surface area contributed by atoms with Gasteiger partial charge in [-0.2, -0.15) is 0 Å². The van der Waals surface area contributed by atoms with Gasteiger partial charge in [0, 0.05) is 21.9 Å². The van der Waals surface area contributed by atoms with Gasteiger partial charge < -0.3 is 4.57 Å². The van der Waals surface area contributed by atoms with E-state index in [4.69, 9.17) is 0 Å². The molecule has 0 radical (unpaired) electrons. The molecule has 0 saturated heterocycles. The predicted octanol–water partition coefficient (Wildman–Crippen LogP) is 11.6. The molecule has 0 unspecified atom stereocenters. The molecule has 1 aliphatic rings. The second-order valence-corrected chi connectivity index (χ2v) is 12.6. The molecular formula is C43H31N. The van der Waals surface area contributed by atoms with Gasteiger partial charge in [0.05, 0.1) is 11.0 Å². The molecule has 1 heterocycles. The first-order valence-corrected chi connectivity index (χ1v) is 15.4. The van der Waals surface area contributed by atoms with E-state index >= 15 is 0 Å². The van der Waals surface area contributed by atoms with Gasteiger partial charge in [0.25, 0.3) is 0 Å². The first kappa shape index (κ1) is 25.1. The quantitative estimate of drug-likeness (QED) is 0.202. The second-order valence-electron chi connectivity index (χ2n) is 12.6. The Balaban J connectivity index is 1.11. The van der Waals surface area contributed by atoms with E-state index in [9.17, 15) is 0 Å². The molecule has 0 atom stereocenters. The molecule has 0 bridgehead atoms. The molecule has 0 spiro atoms. The second kappa shape index (κ2) is 9.30. The van der Waals surface area contributed by atoms with Crippen LogP contribution in [0.3, 0.4) is 0 Å². The smallest absolute Gasteiger partial charge is 0.0541 e. The van der Waals surface area contributed by atoms with Crippen molar-refractivity contribution < 1.29 is 0 Å². The number of para-hydroxylation sites is 1. The lowest BCUT2D eigenvalue weighted by Crippen LogP contribution is -2.14. The van der Waals surface area contributed by atoms with E-state index in [1.165, 1.54) is 82.8 Å². The third-order valence-corrected chi connectivity index (χ3v) is 9.80. The van der Waals surface area contributed by atoms with Crippen molar-refractivity contribution in [1.82, 2.24) is 4.57 Å². The van der Waals surface area contributed by atoms with Gasteiger partial charge in [0.15, 0.2) is 0 Å². The highest BCUT2D eigenvalue weighted by molar-refractivity contribution is 6.10. The van der Waals surface area contributed by atoms with Crippen LogP contribution in [0.4, 0.5) is 0 Å². The van der Waals surface area contributed by atoms with Gasteiger partial charge in [-0.1, -0.05) is 129 Å². The minimum absolute atomic E-state index is 0.00329. The molecule has 208 valence electrons. The van der Waals surface area contributed by atoms with Crippen molar-refractivity contribution in [3.8, 4) is 39.1 Å². The minimum atomic E-state index is 0.00329. The van der Waals surface area contributed by atoms with Crippen LogP contribution in [0.1, 0.15) is 25.0 Å². The van der Waals surface area contributed by atoms with Gasteiger partial charge >= 0.3 is 0 Å². The normalized spacial score (nSPS) is 13.4.